The zero-order valence-corrected chi connectivity index (χ0v) is 15.3. The lowest BCUT2D eigenvalue weighted by Gasteiger charge is -2.12. The number of anilines is 2. The Balaban J connectivity index is 1.55. The van der Waals surface area contributed by atoms with E-state index in [1.165, 1.54) is 11.8 Å². The Bertz CT molecular complexity index is 844. The Morgan fingerprint density at radius 2 is 1.85 bits per heavy atom. The fraction of sp³-hybridized carbons (Fsp3) is 0.316. The van der Waals surface area contributed by atoms with Gasteiger partial charge in [-0.25, -0.2) is 4.79 Å². The third kappa shape index (κ3) is 4.49. The van der Waals surface area contributed by atoms with Gasteiger partial charge < -0.3 is 15.4 Å². The highest BCUT2D eigenvalue weighted by Gasteiger charge is 2.21. The van der Waals surface area contributed by atoms with Gasteiger partial charge in [-0.3, -0.25) is 9.59 Å². The number of aryl methyl sites for hydroxylation is 1. The van der Waals surface area contributed by atoms with E-state index in [1.807, 2.05) is 5.38 Å². The number of esters is 1. The van der Waals surface area contributed by atoms with Crippen LogP contribution in [-0.2, 0) is 27.2 Å². The summed E-state index contributed by atoms with van der Waals surface area (Å²) in [6, 6.07) is 6.76. The van der Waals surface area contributed by atoms with Crippen LogP contribution in [0.3, 0.4) is 0 Å². The van der Waals surface area contributed by atoms with Crippen LogP contribution in [0.2, 0.25) is 0 Å². The van der Waals surface area contributed by atoms with E-state index in [0.29, 0.717) is 16.9 Å². The van der Waals surface area contributed by atoms with Gasteiger partial charge in [0.25, 0.3) is 5.91 Å². The van der Waals surface area contributed by atoms with Gasteiger partial charge in [0, 0.05) is 28.6 Å². The zero-order valence-electron chi connectivity index (χ0n) is 14.5. The van der Waals surface area contributed by atoms with Crippen LogP contribution < -0.4 is 10.6 Å². The first-order chi connectivity index (χ1) is 12.5. The highest BCUT2D eigenvalue weighted by atomic mass is 32.1. The maximum Gasteiger partial charge on any atom is 0.339 e. The van der Waals surface area contributed by atoms with Gasteiger partial charge in [-0.15, -0.1) is 11.3 Å². The molecule has 0 spiro atoms. The fourth-order valence-electron chi connectivity index (χ4n) is 2.95. The van der Waals surface area contributed by atoms with Crippen molar-refractivity contribution in [2.24, 2.45) is 0 Å². The number of hydrogen-bond acceptors (Lipinski definition) is 5. The lowest BCUT2D eigenvalue weighted by atomic mass is 9.96. The highest BCUT2D eigenvalue weighted by molar-refractivity contribution is 7.10. The Kier molecular flexibility index (Phi) is 5.68. The maximum absolute atomic E-state index is 12.3. The lowest BCUT2D eigenvalue weighted by Crippen LogP contribution is -2.21. The summed E-state index contributed by atoms with van der Waals surface area (Å²) in [5, 5.41) is 7.12. The van der Waals surface area contributed by atoms with Crippen LogP contribution in [0.4, 0.5) is 11.4 Å². The Morgan fingerprint density at radius 3 is 2.62 bits per heavy atom. The predicted molar refractivity (Wildman–Crippen MR) is 101 cm³/mol. The maximum atomic E-state index is 12.3. The van der Waals surface area contributed by atoms with E-state index >= 15 is 0 Å². The van der Waals surface area contributed by atoms with Crippen molar-refractivity contribution >= 4 is 40.5 Å². The fourth-order valence-corrected chi connectivity index (χ4v) is 4.06. The van der Waals surface area contributed by atoms with E-state index in [0.717, 1.165) is 31.2 Å². The molecular formula is C19H20N2O4S. The van der Waals surface area contributed by atoms with Crippen molar-refractivity contribution in [2.75, 3.05) is 17.2 Å². The first-order valence-corrected chi connectivity index (χ1v) is 9.35. The standard InChI is InChI=1S/C19H20N2O4S/c1-12(22)20-13-5-4-6-14(9-13)21-18(23)10-25-19(24)16-11-26-17-8-3-2-7-15(16)17/h4-6,9,11H,2-3,7-8,10H2,1H3,(H,20,22)(H,21,23). The summed E-state index contributed by atoms with van der Waals surface area (Å²) in [5.41, 5.74) is 2.77. The van der Waals surface area contributed by atoms with Crippen molar-refractivity contribution in [3.8, 4) is 0 Å². The summed E-state index contributed by atoms with van der Waals surface area (Å²) in [5.74, 6) is -1.07. The topological polar surface area (TPSA) is 84.5 Å². The normalized spacial score (nSPS) is 12.8. The summed E-state index contributed by atoms with van der Waals surface area (Å²) in [6.45, 7) is 1.06. The minimum absolute atomic E-state index is 0.193. The number of hydrogen-bond donors (Lipinski definition) is 2. The van der Waals surface area contributed by atoms with Crippen LogP contribution in [0.25, 0.3) is 0 Å². The first kappa shape index (κ1) is 18.1. The molecule has 2 amide bonds. The van der Waals surface area contributed by atoms with Crippen LogP contribution >= 0.6 is 11.3 Å². The van der Waals surface area contributed by atoms with Crippen molar-refractivity contribution < 1.29 is 19.1 Å². The molecule has 1 aliphatic carbocycles. The molecule has 2 aromatic rings. The van der Waals surface area contributed by atoms with Crippen molar-refractivity contribution in [1.29, 1.82) is 0 Å². The number of fused-ring (bicyclic) bond motifs is 1. The first-order valence-electron chi connectivity index (χ1n) is 8.47. The van der Waals surface area contributed by atoms with E-state index in [9.17, 15) is 14.4 Å². The molecule has 1 aromatic heterocycles. The average Bonchev–Trinajstić information content (AvgIpc) is 3.03. The molecule has 1 aromatic carbocycles. The molecule has 6 nitrogen and oxygen atoms in total. The van der Waals surface area contributed by atoms with Crippen LogP contribution in [0, 0.1) is 0 Å². The quantitative estimate of drug-likeness (QED) is 0.788. The smallest absolute Gasteiger partial charge is 0.339 e. The van der Waals surface area contributed by atoms with Crippen molar-refractivity contribution in [3.63, 3.8) is 0 Å². The second kappa shape index (κ2) is 8.14. The van der Waals surface area contributed by atoms with Crippen LogP contribution in [0.5, 0.6) is 0 Å². The van der Waals surface area contributed by atoms with Crippen LogP contribution in [-0.4, -0.2) is 24.4 Å². The Hall–Kier alpha value is -2.67. The number of thiophene rings is 1. The van der Waals surface area contributed by atoms with Gasteiger partial charge in [-0.05, 0) is 49.4 Å². The molecule has 26 heavy (non-hydrogen) atoms. The molecule has 0 radical (unpaired) electrons. The number of ether oxygens (including phenoxy) is 1. The van der Waals surface area contributed by atoms with Gasteiger partial charge in [0.05, 0.1) is 5.56 Å². The van der Waals surface area contributed by atoms with Crippen LogP contribution in [0.15, 0.2) is 29.6 Å². The summed E-state index contributed by atoms with van der Waals surface area (Å²) in [6.07, 6.45) is 4.14. The van der Waals surface area contributed by atoms with E-state index in [-0.39, 0.29) is 12.5 Å². The molecule has 0 unspecified atom stereocenters. The summed E-state index contributed by atoms with van der Waals surface area (Å²) in [4.78, 5) is 36.6. The molecule has 3 rings (SSSR count). The van der Waals surface area contributed by atoms with Crippen molar-refractivity contribution in [2.45, 2.75) is 32.6 Å². The second-order valence-corrected chi connectivity index (χ2v) is 7.11. The lowest BCUT2D eigenvalue weighted by molar-refractivity contribution is -0.119. The second-order valence-electron chi connectivity index (χ2n) is 6.14. The van der Waals surface area contributed by atoms with Gasteiger partial charge in [0.2, 0.25) is 5.91 Å². The summed E-state index contributed by atoms with van der Waals surface area (Å²) >= 11 is 1.59. The Labute approximate surface area is 155 Å². The van der Waals surface area contributed by atoms with Gasteiger partial charge in [0.15, 0.2) is 6.61 Å². The highest BCUT2D eigenvalue weighted by Crippen LogP contribution is 2.30. The predicted octanol–water partition coefficient (Wildman–Crippen LogP) is 3.38. The molecule has 0 saturated carbocycles. The Morgan fingerprint density at radius 1 is 1.12 bits per heavy atom. The number of rotatable bonds is 5. The molecule has 7 heteroatoms. The van der Waals surface area contributed by atoms with E-state index in [1.54, 1.807) is 35.6 Å². The zero-order chi connectivity index (χ0) is 18.5. The molecular weight excluding hydrogens is 352 g/mol. The molecule has 2 N–H and O–H groups in total. The molecule has 136 valence electrons. The largest absolute Gasteiger partial charge is 0.452 e. The van der Waals surface area contributed by atoms with E-state index in [2.05, 4.69) is 10.6 Å². The average molecular weight is 372 g/mol. The van der Waals surface area contributed by atoms with Gasteiger partial charge in [0.1, 0.15) is 0 Å². The third-order valence-corrected chi connectivity index (χ3v) is 5.17. The van der Waals surface area contributed by atoms with Gasteiger partial charge in [-0.2, -0.15) is 0 Å². The van der Waals surface area contributed by atoms with E-state index < -0.39 is 11.9 Å². The molecule has 0 saturated heterocycles. The molecule has 0 bridgehead atoms. The number of benzene rings is 1. The number of carbonyl (C=O) groups excluding carboxylic acids is 3. The summed E-state index contributed by atoms with van der Waals surface area (Å²) < 4.78 is 5.17. The van der Waals surface area contributed by atoms with Gasteiger partial charge >= 0.3 is 5.97 Å². The SMILES string of the molecule is CC(=O)Nc1cccc(NC(=O)COC(=O)c2csc3c2CCCC3)c1. The van der Waals surface area contributed by atoms with Crippen molar-refractivity contribution in [3.05, 3.63) is 45.6 Å². The minimum atomic E-state index is -0.452. The number of nitrogens with one attached hydrogen (secondary N) is 2. The number of carbonyl (C=O) groups is 3. The molecule has 0 fully saturated rings. The molecule has 0 aliphatic heterocycles. The van der Waals surface area contributed by atoms with E-state index in [4.69, 9.17) is 4.74 Å². The number of amides is 2. The molecule has 0 atom stereocenters. The molecule has 1 heterocycles. The van der Waals surface area contributed by atoms with Crippen molar-refractivity contribution in [1.82, 2.24) is 0 Å². The van der Waals surface area contributed by atoms with Crippen LogP contribution in [0.1, 0.15) is 40.6 Å². The summed E-state index contributed by atoms with van der Waals surface area (Å²) in [7, 11) is 0. The minimum Gasteiger partial charge on any atom is -0.452 e. The van der Waals surface area contributed by atoms with Gasteiger partial charge in [-0.1, -0.05) is 6.07 Å². The monoisotopic (exact) mass is 372 g/mol. The third-order valence-electron chi connectivity index (χ3n) is 4.08. The molecule has 1 aliphatic rings.